The van der Waals surface area contributed by atoms with Gasteiger partial charge in [0.1, 0.15) is 0 Å². The fourth-order valence-electron chi connectivity index (χ4n) is 3.37. The van der Waals surface area contributed by atoms with Gasteiger partial charge in [0, 0.05) is 24.3 Å². The fourth-order valence-corrected chi connectivity index (χ4v) is 3.37. The summed E-state index contributed by atoms with van der Waals surface area (Å²) in [5.41, 5.74) is 10.7. The van der Waals surface area contributed by atoms with Crippen LogP contribution in [0.25, 0.3) is 0 Å². The predicted molar refractivity (Wildman–Crippen MR) is 67.8 cm³/mol. The zero-order valence-electron chi connectivity index (χ0n) is 9.95. The maximum Gasteiger partial charge on any atom is 0.0444 e. The third kappa shape index (κ3) is 1.44. The maximum absolute atomic E-state index is 6.25. The highest BCUT2D eigenvalue weighted by Crippen LogP contribution is 2.36. The molecule has 2 nitrogen and oxygen atoms in total. The zero-order valence-corrected chi connectivity index (χ0v) is 9.95. The molecule has 2 heterocycles. The SMILES string of the molecule is Cc1cccc2c1N1CCCC(N)C1CC2. The summed E-state index contributed by atoms with van der Waals surface area (Å²) in [7, 11) is 0. The van der Waals surface area contributed by atoms with E-state index >= 15 is 0 Å². The average Bonchev–Trinajstić information content (AvgIpc) is 2.29. The summed E-state index contributed by atoms with van der Waals surface area (Å²) in [5.74, 6) is 0. The van der Waals surface area contributed by atoms with Crippen molar-refractivity contribution in [2.75, 3.05) is 11.4 Å². The van der Waals surface area contributed by atoms with Crippen LogP contribution in [-0.4, -0.2) is 18.6 Å². The molecule has 0 spiro atoms. The minimum atomic E-state index is 0.376. The molecule has 0 saturated carbocycles. The highest BCUT2D eigenvalue weighted by molar-refractivity contribution is 5.62. The Morgan fingerprint density at radius 2 is 2.19 bits per heavy atom. The van der Waals surface area contributed by atoms with Gasteiger partial charge in [-0.15, -0.1) is 0 Å². The summed E-state index contributed by atoms with van der Waals surface area (Å²) >= 11 is 0. The van der Waals surface area contributed by atoms with Crippen LogP contribution >= 0.6 is 0 Å². The van der Waals surface area contributed by atoms with Crippen molar-refractivity contribution in [3.8, 4) is 0 Å². The highest BCUT2D eigenvalue weighted by Gasteiger charge is 2.33. The van der Waals surface area contributed by atoms with E-state index in [9.17, 15) is 0 Å². The molecule has 86 valence electrons. The van der Waals surface area contributed by atoms with Crippen molar-refractivity contribution in [2.45, 2.75) is 44.7 Å². The first-order valence-corrected chi connectivity index (χ1v) is 6.38. The Balaban J connectivity index is 2.04. The lowest BCUT2D eigenvalue weighted by atomic mass is 9.85. The molecule has 1 aromatic carbocycles. The number of piperidine rings is 1. The minimum Gasteiger partial charge on any atom is -0.367 e. The van der Waals surface area contributed by atoms with Crippen LogP contribution in [0.4, 0.5) is 5.69 Å². The van der Waals surface area contributed by atoms with Crippen LogP contribution in [-0.2, 0) is 6.42 Å². The normalized spacial score (nSPS) is 28.5. The van der Waals surface area contributed by atoms with Crippen LogP contribution in [0.5, 0.6) is 0 Å². The number of aryl methyl sites for hydroxylation is 2. The smallest absolute Gasteiger partial charge is 0.0444 e. The summed E-state index contributed by atoms with van der Waals surface area (Å²) in [4.78, 5) is 2.57. The number of anilines is 1. The Labute approximate surface area is 97.4 Å². The monoisotopic (exact) mass is 216 g/mol. The lowest BCUT2D eigenvalue weighted by molar-refractivity contribution is 0.371. The van der Waals surface area contributed by atoms with Crippen LogP contribution in [0.15, 0.2) is 18.2 Å². The second-order valence-corrected chi connectivity index (χ2v) is 5.19. The number of hydrogen-bond donors (Lipinski definition) is 1. The molecule has 2 unspecified atom stereocenters. The average molecular weight is 216 g/mol. The molecular weight excluding hydrogens is 196 g/mol. The summed E-state index contributed by atoms with van der Waals surface area (Å²) < 4.78 is 0. The van der Waals surface area contributed by atoms with Crippen molar-refractivity contribution in [2.24, 2.45) is 5.73 Å². The molecule has 16 heavy (non-hydrogen) atoms. The van der Waals surface area contributed by atoms with E-state index in [0.29, 0.717) is 12.1 Å². The van der Waals surface area contributed by atoms with Gasteiger partial charge in [0.2, 0.25) is 0 Å². The second-order valence-electron chi connectivity index (χ2n) is 5.19. The first kappa shape index (κ1) is 10.2. The van der Waals surface area contributed by atoms with Crippen LogP contribution in [0.2, 0.25) is 0 Å². The third-order valence-electron chi connectivity index (χ3n) is 4.15. The van der Waals surface area contributed by atoms with Gasteiger partial charge in [-0.1, -0.05) is 18.2 Å². The van der Waals surface area contributed by atoms with Crippen LogP contribution in [0.1, 0.15) is 30.4 Å². The van der Waals surface area contributed by atoms with E-state index in [1.807, 2.05) is 0 Å². The third-order valence-corrected chi connectivity index (χ3v) is 4.15. The molecule has 2 aliphatic rings. The van der Waals surface area contributed by atoms with Crippen molar-refractivity contribution < 1.29 is 0 Å². The molecule has 1 saturated heterocycles. The largest absolute Gasteiger partial charge is 0.367 e. The molecule has 1 aromatic rings. The molecule has 2 atom stereocenters. The number of para-hydroxylation sites is 1. The lowest BCUT2D eigenvalue weighted by Gasteiger charge is -2.46. The van der Waals surface area contributed by atoms with Crippen LogP contribution in [0, 0.1) is 6.92 Å². The number of nitrogens with two attached hydrogens (primary N) is 1. The summed E-state index contributed by atoms with van der Waals surface area (Å²) in [6.07, 6.45) is 4.87. The van der Waals surface area contributed by atoms with Gasteiger partial charge >= 0.3 is 0 Å². The van der Waals surface area contributed by atoms with E-state index in [-0.39, 0.29) is 0 Å². The van der Waals surface area contributed by atoms with Gasteiger partial charge < -0.3 is 10.6 Å². The van der Waals surface area contributed by atoms with Gasteiger partial charge in [-0.2, -0.15) is 0 Å². The van der Waals surface area contributed by atoms with Crippen molar-refractivity contribution in [3.63, 3.8) is 0 Å². The van der Waals surface area contributed by atoms with Gasteiger partial charge in [-0.05, 0) is 43.7 Å². The summed E-state index contributed by atoms with van der Waals surface area (Å²) in [5, 5.41) is 0. The molecule has 2 N–H and O–H groups in total. The number of fused-ring (bicyclic) bond motifs is 3. The van der Waals surface area contributed by atoms with Gasteiger partial charge in [-0.3, -0.25) is 0 Å². The van der Waals surface area contributed by atoms with E-state index in [1.165, 1.54) is 49.0 Å². The quantitative estimate of drug-likeness (QED) is 0.720. The standard InChI is InChI=1S/C14H20N2/c1-10-4-2-5-11-7-8-13-12(15)6-3-9-16(13)14(10)11/h2,4-5,12-13H,3,6-9,15H2,1H3. The predicted octanol–water partition coefficient (Wildman–Crippen LogP) is 2.24. The lowest BCUT2D eigenvalue weighted by Crippen LogP contribution is -2.54. The Morgan fingerprint density at radius 1 is 1.31 bits per heavy atom. The van der Waals surface area contributed by atoms with E-state index in [1.54, 1.807) is 0 Å². The van der Waals surface area contributed by atoms with Crippen molar-refractivity contribution >= 4 is 5.69 Å². The van der Waals surface area contributed by atoms with Gasteiger partial charge in [0.05, 0.1) is 0 Å². The Hall–Kier alpha value is -1.02. The molecule has 0 bridgehead atoms. The Morgan fingerprint density at radius 3 is 3.06 bits per heavy atom. The van der Waals surface area contributed by atoms with Gasteiger partial charge in [-0.25, -0.2) is 0 Å². The van der Waals surface area contributed by atoms with E-state index in [2.05, 4.69) is 30.0 Å². The van der Waals surface area contributed by atoms with E-state index in [4.69, 9.17) is 5.73 Å². The summed E-state index contributed by atoms with van der Waals surface area (Å²) in [6, 6.07) is 7.64. The van der Waals surface area contributed by atoms with Crippen LogP contribution < -0.4 is 10.6 Å². The molecule has 0 amide bonds. The number of nitrogens with zero attached hydrogens (tertiary/aromatic N) is 1. The molecular formula is C14H20N2. The van der Waals surface area contributed by atoms with Crippen molar-refractivity contribution in [3.05, 3.63) is 29.3 Å². The zero-order chi connectivity index (χ0) is 11.1. The second kappa shape index (κ2) is 3.77. The van der Waals surface area contributed by atoms with Crippen molar-refractivity contribution in [1.82, 2.24) is 0 Å². The fraction of sp³-hybridized carbons (Fsp3) is 0.571. The number of benzene rings is 1. The molecule has 0 radical (unpaired) electrons. The van der Waals surface area contributed by atoms with Crippen LogP contribution in [0.3, 0.4) is 0 Å². The molecule has 1 fully saturated rings. The minimum absolute atomic E-state index is 0.376. The first-order chi connectivity index (χ1) is 7.77. The molecule has 0 aliphatic carbocycles. The van der Waals surface area contributed by atoms with Gasteiger partial charge in [0.15, 0.2) is 0 Å². The molecule has 3 rings (SSSR count). The number of hydrogen-bond acceptors (Lipinski definition) is 2. The van der Waals surface area contributed by atoms with Crippen molar-refractivity contribution in [1.29, 1.82) is 0 Å². The molecule has 2 aliphatic heterocycles. The van der Waals surface area contributed by atoms with Gasteiger partial charge in [0.25, 0.3) is 0 Å². The van der Waals surface area contributed by atoms with E-state index in [0.717, 1.165) is 0 Å². The summed E-state index contributed by atoms with van der Waals surface area (Å²) in [6.45, 7) is 3.41. The molecule has 0 aromatic heterocycles. The Bertz CT molecular complexity index is 400. The topological polar surface area (TPSA) is 29.3 Å². The maximum atomic E-state index is 6.25. The Kier molecular flexibility index (Phi) is 2.40. The number of rotatable bonds is 0. The first-order valence-electron chi connectivity index (χ1n) is 6.38. The van der Waals surface area contributed by atoms with E-state index < -0.39 is 0 Å². The highest BCUT2D eigenvalue weighted by atomic mass is 15.2. The molecule has 2 heteroatoms.